The Morgan fingerprint density at radius 2 is 2.32 bits per heavy atom. The lowest BCUT2D eigenvalue weighted by Gasteiger charge is -2.38. The second-order valence-corrected chi connectivity index (χ2v) is 6.43. The molecule has 0 saturated carbocycles. The largest absolute Gasteiger partial charge is 0.317 e. The summed E-state index contributed by atoms with van der Waals surface area (Å²) in [6.45, 7) is 4.10. The quantitative estimate of drug-likeness (QED) is 0.894. The Hall–Kier alpha value is -0.910. The zero-order chi connectivity index (χ0) is 13.4. The highest BCUT2D eigenvalue weighted by molar-refractivity contribution is 7.07. The molecular formula is C14H21N3OS. The number of amides is 1. The molecule has 5 heteroatoms. The molecule has 2 aliphatic heterocycles. The summed E-state index contributed by atoms with van der Waals surface area (Å²) in [5.41, 5.74) is 1.22. The van der Waals surface area contributed by atoms with Gasteiger partial charge in [0.25, 0.3) is 0 Å². The molecule has 1 N–H and O–H groups in total. The molecule has 3 rings (SSSR count). The molecule has 3 heterocycles. The van der Waals surface area contributed by atoms with E-state index in [2.05, 4.69) is 39.0 Å². The minimum atomic E-state index is -0.0721. The topological polar surface area (TPSA) is 35.6 Å². The lowest BCUT2D eigenvalue weighted by molar-refractivity contribution is -0.133. The van der Waals surface area contributed by atoms with E-state index < -0.39 is 0 Å². The molecule has 1 aromatic rings. The number of nitrogens with one attached hydrogen (secondary N) is 1. The molecule has 3 atom stereocenters. The highest BCUT2D eigenvalue weighted by Gasteiger charge is 2.41. The Balaban J connectivity index is 1.85. The Morgan fingerprint density at radius 3 is 3.00 bits per heavy atom. The molecule has 2 saturated heterocycles. The van der Waals surface area contributed by atoms with Crippen molar-refractivity contribution in [3.63, 3.8) is 0 Å². The van der Waals surface area contributed by atoms with Gasteiger partial charge in [-0.3, -0.25) is 10.1 Å². The number of likely N-dealkylation sites (N-methyl/N-ethyl adjacent to an activating group) is 1. The summed E-state index contributed by atoms with van der Waals surface area (Å²) < 4.78 is 0. The SMILES string of the molecule is CC1NC(c2ccsc2)N(C2CCCN(C)C2)C1=O. The fourth-order valence-corrected chi connectivity index (χ4v) is 3.86. The number of likely N-dealkylation sites (tertiary alicyclic amines) is 1. The maximum absolute atomic E-state index is 12.5. The zero-order valence-corrected chi connectivity index (χ0v) is 12.3. The van der Waals surface area contributed by atoms with Gasteiger partial charge in [0.2, 0.25) is 5.91 Å². The summed E-state index contributed by atoms with van der Waals surface area (Å²) >= 11 is 1.69. The summed E-state index contributed by atoms with van der Waals surface area (Å²) in [4.78, 5) is 16.9. The van der Waals surface area contributed by atoms with Crippen LogP contribution in [0.5, 0.6) is 0 Å². The van der Waals surface area contributed by atoms with Gasteiger partial charge in [0, 0.05) is 12.6 Å². The first-order chi connectivity index (χ1) is 9.16. The van der Waals surface area contributed by atoms with Crippen LogP contribution in [0.25, 0.3) is 0 Å². The third-order valence-electron chi connectivity index (χ3n) is 4.16. The summed E-state index contributed by atoms with van der Waals surface area (Å²) in [5.74, 6) is 0.247. The molecular weight excluding hydrogens is 258 g/mol. The van der Waals surface area contributed by atoms with Gasteiger partial charge in [-0.25, -0.2) is 0 Å². The molecule has 0 aliphatic carbocycles. The van der Waals surface area contributed by atoms with Crippen molar-refractivity contribution in [2.45, 2.75) is 38.0 Å². The molecule has 4 nitrogen and oxygen atoms in total. The van der Waals surface area contributed by atoms with Crippen LogP contribution in [-0.2, 0) is 4.79 Å². The van der Waals surface area contributed by atoms with E-state index in [1.54, 1.807) is 11.3 Å². The molecule has 0 aromatic carbocycles. The van der Waals surface area contributed by atoms with E-state index in [0.717, 1.165) is 19.5 Å². The molecule has 1 amide bonds. The van der Waals surface area contributed by atoms with E-state index in [4.69, 9.17) is 0 Å². The monoisotopic (exact) mass is 279 g/mol. The lowest BCUT2D eigenvalue weighted by Crippen LogP contribution is -2.48. The highest BCUT2D eigenvalue weighted by atomic mass is 32.1. The van der Waals surface area contributed by atoms with E-state index in [1.807, 2.05) is 6.92 Å². The first kappa shape index (κ1) is 13.1. The summed E-state index contributed by atoms with van der Waals surface area (Å²) in [7, 11) is 2.14. The molecule has 0 spiro atoms. The van der Waals surface area contributed by atoms with Crippen LogP contribution in [0.3, 0.4) is 0 Å². The van der Waals surface area contributed by atoms with E-state index in [9.17, 15) is 4.79 Å². The predicted molar refractivity (Wildman–Crippen MR) is 77.0 cm³/mol. The van der Waals surface area contributed by atoms with Crippen molar-refractivity contribution in [3.8, 4) is 0 Å². The molecule has 1 aromatic heterocycles. The standard InChI is InChI=1S/C14H21N3OS/c1-10-14(18)17(12-4-3-6-16(2)8-12)13(15-10)11-5-7-19-9-11/h5,7,9-10,12-13,15H,3-4,6,8H2,1-2H3. The molecule has 3 unspecified atom stereocenters. The number of rotatable bonds is 2. The van der Waals surface area contributed by atoms with Crippen LogP contribution in [0.15, 0.2) is 16.8 Å². The molecule has 104 valence electrons. The van der Waals surface area contributed by atoms with Crippen LogP contribution in [-0.4, -0.2) is 47.9 Å². The number of nitrogens with zero attached hydrogens (tertiary/aromatic N) is 2. The highest BCUT2D eigenvalue weighted by Crippen LogP contribution is 2.31. The number of piperidine rings is 1. The molecule has 2 fully saturated rings. The number of carbonyl (C=O) groups excluding carboxylic acids is 1. The maximum atomic E-state index is 12.5. The summed E-state index contributed by atoms with van der Waals surface area (Å²) in [6, 6.07) is 2.39. The normalized spacial score (nSPS) is 33.1. The van der Waals surface area contributed by atoms with Crippen molar-refractivity contribution in [1.82, 2.24) is 15.1 Å². The van der Waals surface area contributed by atoms with Crippen molar-refractivity contribution in [1.29, 1.82) is 0 Å². The predicted octanol–water partition coefficient (Wildman–Crippen LogP) is 1.66. The second kappa shape index (κ2) is 5.23. The van der Waals surface area contributed by atoms with Crippen molar-refractivity contribution >= 4 is 17.2 Å². The maximum Gasteiger partial charge on any atom is 0.241 e. The van der Waals surface area contributed by atoms with Crippen LogP contribution in [0.1, 0.15) is 31.5 Å². The number of hydrogen-bond acceptors (Lipinski definition) is 4. The minimum absolute atomic E-state index is 0.0604. The molecule has 0 radical (unpaired) electrons. The van der Waals surface area contributed by atoms with Gasteiger partial charge in [-0.2, -0.15) is 11.3 Å². The van der Waals surface area contributed by atoms with Gasteiger partial charge in [-0.15, -0.1) is 0 Å². The smallest absolute Gasteiger partial charge is 0.241 e. The Bertz CT molecular complexity index is 448. The molecule has 0 bridgehead atoms. The Kier molecular flexibility index (Phi) is 3.60. The second-order valence-electron chi connectivity index (χ2n) is 5.65. The fourth-order valence-electron chi connectivity index (χ4n) is 3.18. The third-order valence-corrected chi connectivity index (χ3v) is 4.86. The van der Waals surface area contributed by atoms with E-state index in [0.29, 0.717) is 6.04 Å². The molecule has 19 heavy (non-hydrogen) atoms. The van der Waals surface area contributed by atoms with Crippen molar-refractivity contribution < 1.29 is 4.79 Å². The van der Waals surface area contributed by atoms with E-state index in [-0.39, 0.29) is 18.1 Å². The van der Waals surface area contributed by atoms with Crippen molar-refractivity contribution in [2.75, 3.05) is 20.1 Å². The zero-order valence-electron chi connectivity index (χ0n) is 11.5. The van der Waals surface area contributed by atoms with Crippen LogP contribution >= 0.6 is 11.3 Å². The average Bonchev–Trinajstić information content (AvgIpc) is 2.99. The van der Waals surface area contributed by atoms with Gasteiger partial charge >= 0.3 is 0 Å². The Morgan fingerprint density at radius 1 is 1.47 bits per heavy atom. The van der Waals surface area contributed by atoms with Gasteiger partial charge in [0.15, 0.2) is 0 Å². The number of thiophene rings is 1. The van der Waals surface area contributed by atoms with Crippen molar-refractivity contribution in [3.05, 3.63) is 22.4 Å². The first-order valence-electron chi connectivity index (χ1n) is 6.95. The third kappa shape index (κ3) is 2.42. The van der Waals surface area contributed by atoms with Crippen LogP contribution < -0.4 is 5.32 Å². The first-order valence-corrected chi connectivity index (χ1v) is 7.90. The van der Waals surface area contributed by atoms with Crippen molar-refractivity contribution in [2.24, 2.45) is 0 Å². The van der Waals surface area contributed by atoms with Gasteiger partial charge < -0.3 is 9.80 Å². The minimum Gasteiger partial charge on any atom is -0.317 e. The Labute approximate surface area is 118 Å². The number of hydrogen-bond donors (Lipinski definition) is 1. The van der Waals surface area contributed by atoms with Gasteiger partial charge in [0.05, 0.1) is 6.04 Å². The average molecular weight is 279 g/mol. The summed E-state index contributed by atoms with van der Waals surface area (Å²) in [6.07, 6.45) is 2.35. The van der Waals surface area contributed by atoms with E-state index >= 15 is 0 Å². The fraction of sp³-hybridized carbons (Fsp3) is 0.643. The van der Waals surface area contributed by atoms with E-state index in [1.165, 1.54) is 12.0 Å². The van der Waals surface area contributed by atoms with Crippen LogP contribution in [0.2, 0.25) is 0 Å². The van der Waals surface area contributed by atoms with Crippen LogP contribution in [0, 0.1) is 0 Å². The lowest BCUT2D eigenvalue weighted by atomic mass is 10.0. The molecule has 2 aliphatic rings. The van der Waals surface area contributed by atoms with Crippen LogP contribution in [0.4, 0.5) is 0 Å². The summed E-state index contributed by atoms with van der Waals surface area (Å²) in [5, 5.41) is 7.65. The number of carbonyl (C=O) groups is 1. The van der Waals surface area contributed by atoms with Gasteiger partial charge in [-0.1, -0.05) is 0 Å². The van der Waals surface area contributed by atoms with Gasteiger partial charge in [-0.05, 0) is 55.7 Å². The van der Waals surface area contributed by atoms with Gasteiger partial charge in [0.1, 0.15) is 6.17 Å².